The molecule has 1 heteroatoms. The third kappa shape index (κ3) is 2.20. The fourth-order valence-corrected chi connectivity index (χ4v) is 1.58. The largest absolute Gasteiger partial charge is 0.164 e. The normalized spacial score (nSPS) is 11.4. The molecule has 2 rings (SSSR count). The van der Waals surface area contributed by atoms with Gasteiger partial charge in [0, 0.05) is 26.2 Å². The van der Waals surface area contributed by atoms with Gasteiger partial charge in [0.2, 0.25) is 0 Å². The summed E-state index contributed by atoms with van der Waals surface area (Å²) in [4.78, 5) is 0. The van der Waals surface area contributed by atoms with Crippen LogP contribution in [0.2, 0.25) is 0 Å². The first-order valence-corrected chi connectivity index (χ1v) is 4.73. The minimum Gasteiger partial charge on any atom is -0.164 e. The summed E-state index contributed by atoms with van der Waals surface area (Å²) in [6.45, 7) is 6.75. The SMILES string of the molecule is CC(C)(C)c1cc2ccccc2[cH-]1.[Zr]. The summed E-state index contributed by atoms with van der Waals surface area (Å²) < 4.78 is 0. The zero-order valence-electron chi connectivity index (χ0n) is 8.96. The Kier molecular flexibility index (Phi) is 3.42. The van der Waals surface area contributed by atoms with Crippen LogP contribution in [0.5, 0.6) is 0 Å². The molecular weight excluding hydrogens is 247 g/mol. The molecule has 0 atom stereocenters. The first kappa shape index (κ1) is 11.8. The summed E-state index contributed by atoms with van der Waals surface area (Å²) in [7, 11) is 0. The smallest absolute Gasteiger partial charge is 0 e. The molecule has 0 aromatic heterocycles. The molecule has 0 N–H and O–H groups in total. The molecule has 0 saturated heterocycles. The van der Waals surface area contributed by atoms with Gasteiger partial charge in [-0.25, -0.2) is 0 Å². The van der Waals surface area contributed by atoms with E-state index in [4.69, 9.17) is 0 Å². The van der Waals surface area contributed by atoms with Gasteiger partial charge in [-0.1, -0.05) is 26.8 Å². The minimum atomic E-state index is 0. The maximum Gasteiger partial charge on any atom is 0 e. The Hall–Kier alpha value is -0.287. The summed E-state index contributed by atoms with van der Waals surface area (Å²) in [5.41, 5.74) is 1.69. The van der Waals surface area contributed by atoms with Crippen molar-refractivity contribution < 1.29 is 26.2 Å². The maximum atomic E-state index is 2.29. The fourth-order valence-electron chi connectivity index (χ4n) is 1.58. The maximum absolute atomic E-state index is 2.29. The van der Waals surface area contributed by atoms with Gasteiger partial charge in [0.05, 0.1) is 0 Å². The molecule has 0 amide bonds. The standard InChI is InChI=1S/C13H15.Zr/c1-13(2,3)12-8-10-6-4-5-7-11(10)9-12;/h4-9H,1-3H3;/q-1;. The zero-order valence-corrected chi connectivity index (χ0v) is 11.4. The first-order valence-electron chi connectivity index (χ1n) is 4.73. The van der Waals surface area contributed by atoms with E-state index in [0.29, 0.717) is 0 Å². The molecule has 0 bridgehead atoms. The third-order valence-corrected chi connectivity index (χ3v) is 2.48. The molecule has 0 heterocycles. The third-order valence-electron chi connectivity index (χ3n) is 2.48. The van der Waals surface area contributed by atoms with Crippen LogP contribution < -0.4 is 0 Å². The predicted molar refractivity (Wildman–Crippen MR) is 58.2 cm³/mol. The number of fused-ring (bicyclic) bond motifs is 1. The van der Waals surface area contributed by atoms with Gasteiger partial charge in [-0.15, -0.1) is 40.6 Å². The van der Waals surface area contributed by atoms with Crippen LogP contribution in [0.3, 0.4) is 0 Å². The van der Waals surface area contributed by atoms with Crippen molar-refractivity contribution in [2.75, 3.05) is 0 Å². The molecule has 0 aliphatic rings. The van der Waals surface area contributed by atoms with Crippen LogP contribution in [-0.2, 0) is 31.6 Å². The van der Waals surface area contributed by atoms with Crippen LogP contribution >= 0.6 is 0 Å². The van der Waals surface area contributed by atoms with E-state index in [1.165, 1.54) is 16.3 Å². The summed E-state index contributed by atoms with van der Waals surface area (Å²) in [5.74, 6) is 0. The molecule has 0 saturated carbocycles. The van der Waals surface area contributed by atoms with Crippen LogP contribution in [0.15, 0.2) is 36.4 Å². The van der Waals surface area contributed by atoms with Crippen LogP contribution in [0.25, 0.3) is 10.8 Å². The van der Waals surface area contributed by atoms with Crippen molar-refractivity contribution in [3.8, 4) is 0 Å². The molecule has 0 spiro atoms. The number of rotatable bonds is 0. The van der Waals surface area contributed by atoms with E-state index in [2.05, 4.69) is 57.2 Å². The number of benzene rings is 1. The second-order valence-corrected chi connectivity index (χ2v) is 4.62. The molecule has 0 radical (unpaired) electrons. The van der Waals surface area contributed by atoms with Crippen LogP contribution in [-0.4, -0.2) is 0 Å². The van der Waals surface area contributed by atoms with E-state index in [-0.39, 0.29) is 31.6 Å². The van der Waals surface area contributed by atoms with E-state index in [9.17, 15) is 0 Å². The second-order valence-electron chi connectivity index (χ2n) is 4.62. The topological polar surface area (TPSA) is 0 Å². The summed E-state index contributed by atoms with van der Waals surface area (Å²) >= 11 is 0. The van der Waals surface area contributed by atoms with Crippen molar-refractivity contribution in [3.63, 3.8) is 0 Å². The van der Waals surface area contributed by atoms with Gasteiger partial charge < -0.3 is 0 Å². The van der Waals surface area contributed by atoms with E-state index in [1.807, 2.05) is 0 Å². The first-order chi connectivity index (χ1) is 6.07. The van der Waals surface area contributed by atoms with Crippen molar-refractivity contribution in [3.05, 3.63) is 42.0 Å². The number of hydrogen-bond donors (Lipinski definition) is 0. The van der Waals surface area contributed by atoms with E-state index < -0.39 is 0 Å². The van der Waals surface area contributed by atoms with Crippen molar-refractivity contribution in [1.29, 1.82) is 0 Å². The van der Waals surface area contributed by atoms with Crippen molar-refractivity contribution in [2.24, 2.45) is 0 Å². The average molecular weight is 262 g/mol. The Morgan fingerprint density at radius 3 is 2.29 bits per heavy atom. The fraction of sp³-hybridized carbons (Fsp3) is 0.308. The van der Waals surface area contributed by atoms with Crippen LogP contribution in [0.4, 0.5) is 0 Å². The van der Waals surface area contributed by atoms with Gasteiger partial charge in [0.15, 0.2) is 0 Å². The zero-order chi connectivity index (χ0) is 9.47. The van der Waals surface area contributed by atoms with Crippen molar-refractivity contribution in [1.82, 2.24) is 0 Å². The van der Waals surface area contributed by atoms with E-state index in [0.717, 1.165) is 0 Å². The molecule has 72 valence electrons. The summed E-state index contributed by atoms with van der Waals surface area (Å²) in [6.07, 6.45) is 0. The van der Waals surface area contributed by atoms with Crippen LogP contribution in [0, 0.1) is 0 Å². The molecule has 0 aliphatic carbocycles. The monoisotopic (exact) mass is 261 g/mol. The van der Waals surface area contributed by atoms with Crippen LogP contribution in [0.1, 0.15) is 26.3 Å². The Morgan fingerprint density at radius 2 is 1.71 bits per heavy atom. The molecule has 2 aromatic rings. The Labute approximate surface area is 105 Å². The molecule has 2 aromatic carbocycles. The van der Waals surface area contributed by atoms with Gasteiger partial charge in [-0.3, -0.25) is 0 Å². The van der Waals surface area contributed by atoms with Gasteiger partial charge in [0.1, 0.15) is 0 Å². The van der Waals surface area contributed by atoms with Gasteiger partial charge in [-0.2, -0.15) is 6.07 Å². The second kappa shape index (κ2) is 4.07. The molecule has 14 heavy (non-hydrogen) atoms. The van der Waals surface area contributed by atoms with Gasteiger partial charge >= 0.3 is 0 Å². The Morgan fingerprint density at radius 1 is 1.07 bits per heavy atom. The quantitative estimate of drug-likeness (QED) is 0.633. The predicted octanol–water partition coefficient (Wildman–Crippen LogP) is 3.85. The van der Waals surface area contributed by atoms with Crippen molar-refractivity contribution >= 4 is 10.8 Å². The summed E-state index contributed by atoms with van der Waals surface area (Å²) in [5, 5.41) is 2.71. The molecule has 0 nitrogen and oxygen atoms in total. The Balaban J connectivity index is 0.000000980. The molecule has 0 aliphatic heterocycles. The number of hydrogen-bond acceptors (Lipinski definition) is 0. The van der Waals surface area contributed by atoms with Crippen molar-refractivity contribution in [2.45, 2.75) is 26.2 Å². The van der Waals surface area contributed by atoms with E-state index >= 15 is 0 Å². The molecule has 0 fully saturated rings. The van der Waals surface area contributed by atoms with Gasteiger partial charge in [-0.05, 0) is 5.41 Å². The van der Waals surface area contributed by atoms with Gasteiger partial charge in [0.25, 0.3) is 0 Å². The average Bonchev–Trinajstić information content (AvgIpc) is 2.45. The minimum absolute atomic E-state index is 0. The Bertz CT molecular complexity index is 385. The summed E-state index contributed by atoms with van der Waals surface area (Å²) in [6, 6.07) is 13.1. The molecule has 0 unspecified atom stereocenters. The molecular formula is C13H15Zr-. The van der Waals surface area contributed by atoms with E-state index in [1.54, 1.807) is 0 Å².